The minimum Gasteiger partial charge on any atom is -0.385 e. The second-order valence-electron chi connectivity index (χ2n) is 4.45. The second kappa shape index (κ2) is 5.41. The number of aromatic nitrogens is 2. The highest BCUT2D eigenvalue weighted by atomic mass is 16.5. The fourth-order valence-electron chi connectivity index (χ4n) is 2.21. The van der Waals surface area contributed by atoms with Gasteiger partial charge in [0.1, 0.15) is 17.3 Å². The van der Waals surface area contributed by atoms with Crippen molar-refractivity contribution in [3.05, 3.63) is 24.2 Å². The molecule has 0 fully saturated rings. The average Bonchev–Trinajstić information content (AvgIpc) is 2.82. The number of anilines is 1. The van der Waals surface area contributed by atoms with Gasteiger partial charge in [-0.3, -0.25) is 5.32 Å². The smallest absolute Gasteiger partial charge is 0.139 e. The minimum absolute atomic E-state index is 0.403. The van der Waals surface area contributed by atoms with Crippen molar-refractivity contribution < 1.29 is 4.74 Å². The zero-order valence-electron chi connectivity index (χ0n) is 10.9. The fraction of sp³-hybridized carbons (Fsp3) is 0.583. The maximum atomic E-state index is 5.96. The van der Waals surface area contributed by atoms with Crippen LogP contribution in [0.3, 0.4) is 0 Å². The van der Waals surface area contributed by atoms with Gasteiger partial charge in [0.25, 0.3) is 0 Å². The number of nitrogens with two attached hydrogens (primary N) is 1. The summed E-state index contributed by atoms with van der Waals surface area (Å²) in [5.74, 6) is 1.54. The van der Waals surface area contributed by atoms with Crippen LogP contribution < -0.4 is 16.4 Å². The Kier molecular flexibility index (Phi) is 3.88. The molecule has 6 heteroatoms. The highest BCUT2D eigenvalue weighted by molar-refractivity contribution is 5.45. The molecule has 0 aliphatic carbocycles. The number of rotatable bonds is 6. The van der Waals surface area contributed by atoms with Gasteiger partial charge in [0.15, 0.2) is 0 Å². The quantitative estimate of drug-likeness (QED) is 0.697. The summed E-state index contributed by atoms with van der Waals surface area (Å²) in [5.41, 5.74) is 5.55. The molecule has 0 bridgehead atoms. The summed E-state index contributed by atoms with van der Waals surface area (Å²) < 4.78 is 7.13. The van der Waals surface area contributed by atoms with Crippen LogP contribution in [0.2, 0.25) is 0 Å². The van der Waals surface area contributed by atoms with E-state index in [1.165, 1.54) is 0 Å². The third kappa shape index (κ3) is 2.34. The van der Waals surface area contributed by atoms with E-state index in [9.17, 15) is 0 Å². The van der Waals surface area contributed by atoms with Crippen LogP contribution in [0.4, 0.5) is 5.82 Å². The van der Waals surface area contributed by atoms with E-state index in [1.54, 1.807) is 13.3 Å². The van der Waals surface area contributed by atoms with Crippen molar-refractivity contribution in [2.45, 2.75) is 25.4 Å². The molecule has 1 aromatic rings. The SMILES string of the molecule is CCCNC1(CCOC)C=C(N)Nc2ccnn21. The Hall–Kier alpha value is -1.53. The molecule has 1 aromatic heterocycles. The predicted octanol–water partition coefficient (Wildman–Crippen LogP) is 0.798. The van der Waals surface area contributed by atoms with E-state index in [-0.39, 0.29) is 0 Å². The van der Waals surface area contributed by atoms with Gasteiger partial charge in [0.2, 0.25) is 0 Å². The van der Waals surface area contributed by atoms with E-state index >= 15 is 0 Å². The molecule has 4 N–H and O–H groups in total. The molecular weight excluding hydrogens is 230 g/mol. The lowest BCUT2D eigenvalue weighted by atomic mass is 10.0. The summed E-state index contributed by atoms with van der Waals surface area (Å²) in [7, 11) is 1.70. The molecular formula is C12H21N5O. The molecule has 0 saturated carbocycles. The molecule has 0 spiro atoms. The van der Waals surface area contributed by atoms with Gasteiger partial charge >= 0.3 is 0 Å². The molecule has 2 heterocycles. The van der Waals surface area contributed by atoms with E-state index in [2.05, 4.69) is 22.7 Å². The molecule has 6 nitrogen and oxygen atoms in total. The van der Waals surface area contributed by atoms with Gasteiger partial charge in [-0.1, -0.05) is 6.92 Å². The van der Waals surface area contributed by atoms with E-state index in [0.717, 1.165) is 25.2 Å². The standard InChI is InChI=1S/C12H21N5O/c1-3-6-14-12(5-8-18-2)9-10(13)16-11-4-7-15-17(11)12/h4,7,9,14,16H,3,5-6,8,13H2,1-2H3. The zero-order chi connectivity index (χ0) is 13.0. The number of fused-ring (bicyclic) bond motifs is 1. The Balaban J connectivity index is 2.33. The Labute approximate surface area is 107 Å². The number of ether oxygens (including phenoxy) is 1. The third-order valence-corrected chi connectivity index (χ3v) is 3.06. The van der Waals surface area contributed by atoms with Crippen LogP contribution in [0, 0.1) is 0 Å². The molecule has 1 atom stereocenters. The minimum atomic E-state index is -0.403. The third-order valence-electron chi connectivity index (χ3n) is 3.06. The largest absolute Gasteiger partial charge is 0.385 e. The summed E-state index contributed by atoms with van der Waals surface area (Å²) in [6.07, 6.45) is 5.57. The van der Waals surface area contributed by atoms with E-state index in [0.29, 0.717) is 12.4 Å². The molecule has 0 saturated heterocycles. The van der Waals surface area contributed by atoms with Gasteiger partial charge in [0.05, 0.1) is 12.8 Å². The summed E-state index contributed by atoms with van der Waals surface area (Å²) in [5, 5.41) is 11.0. The molecule has 0 radical (unpaired) electrons. The van der Waals surface area contributed by atoms with Crippen LogP contribution in [0.25, 0.3) is 0 Å². The van der Waals surface area contributed by atoms with Crippen molar-refractivity contribution in [3.63, 3.8) is 0 Å². The summed E-state index contributed by atoms with van der Waals surface area (Å²) in [6, 6.07) is 1.91. The van der Waals surface area contributed by atoms with Crippen molar-refractivity contribution in [1.82, 2.24) is 15.1 Å². The average molecular weight is 251 g/mol. The number of hydrogen-bond donors (Lipinski definition) is 3. The number of methoxy groups -OCH3 is 1. The molecule has 0 amide bonds. The van der Waals surface area contributed by atoms with Gasteiger partial charge in [-0.25, -0.2) is 4.68 Å². The number of nitrogens with one attached hydrogen (secondary N) is 2. The molecule has 0 aromatic carbocycles. The van der Waals surface area contributed by atoms with Crippen LogP contribution >= 0.6 is 0 Å². The van der Waals surface area contributed by atoms with Crippen molar-refractivity contribution >= 4 is 5.82 Å². The van der Waals surface area contributed by atoms with Gasteiger partial charge in [-0.05, 0) is 19.0 Å². The molecule has 2 rings (SSSR count). The Bertz CT molecular complexity index is 418. The monoisotopic (exact) mass is 251 g/mol. The highest BCUT2D eigenvalue weighted by Gasteiger charge is 2.34. The van der Waals surface area contributed by atoms with Crippen molar-refractivity contribution in [1.29, 1.82) is 0 Å². The number of nitrogens with zero attached hydrogens (tertiary/aromatic N) is 2. The van der Waals surface area contributed by atoms with E-state index in [1.807, 2.05) is 16.8 Å². The normalized spacial score (nSPS) is 22.2. The first-order chi connectivity index (χ1) is 8.72. The lowest BCUT2D eigenvalue weighted by Crippen LogP contribution is -2.51. The van der Waals surface area contributed by atoms with Gasteiger partial charge in [-0.2, -0.15) is 5.10 Å². The lowest BCUT2D eigenvalue weighted by molar-refractivity contribution is 0.134. The van der Waals surface area contributed by atoms with E-state index < -0.39 is 5.66 Å². The van der Waals surface area contributed by atoms with Crippen LogP contribution in [-0.4, -0.2) is 30.0 Å². The zero-order valence-corrected chi connectivity index (χ0v) is 10.9. The number of hydrogen-bond acceptors (Lipinski definition) is 5. The Morgan fingerprint density at radius 2 is 2.44 bits per heavy atom. The van der Waals surface area contributed by atoms with Crippen LogP contribution in [-0.2, 0) is 10.4 Å². The van der Waals surface area contributed by atoms with Crippen LogP contribution in [0.5, 0.6) is 0 Å². The topological polar surface area (TPSA) is 77.1 Å². The molecule has 1 unspecified atom stereocenters. The van der Waals surface area contributed by atoms with Crippen molar-refractivity contribution in [2.75, 3.05) is 25.6 Å². The highest BCUT2D eigenvalue weighted by Crippen LogP contribution is 2.28. The van der Waals surface area contributed by atoms with Crippen molar-refractivity contribution in [3.8, 4) is 0 Å². The lowest BCUT2D eigenvalue weighted by Gasteiger charge is -2.37. The van der Waals surface area contributed by atoms with E-state index in [4.69, 9.17) is 10.5 Å². The Morgan fingerprint density at radius 1 is 1.61 bits per heavy atom. The molecule has 18 heavy (non-hydrogen) atoms. The first-order valence-electron chi connectivity index (χ1n) is 6.25. The molecule has 1 aliphatic heterocycles. The summed E-state index contributed by atoms with van der Waals surface area (Å²) >= 11 is 0. The molecule has 100 valence electrons. The first-order valence-corrected chi connectivity index (χ1v) is 6.25. The summed E-state index contributed by atoms with van der Waals surface area (Å²) in [4.78, 5) is 0. The van der Waals surface area contributed by atoms with Gasteiger partial charge in [0, 0.05) is 19.6 Å². The van der Waals surface area contributed by atoms with Crippen LogP contribution in [0.1, 0.15) is 19.8 Å². The van der Waals surface area contributed by atoms with Gasteiger partial charge < -0.3 is 15.8 Å². The van der Waals surface area contributed by atoms with Crippen molar-refractivity contribution in [2.24, 2.45) is 5.73 Å². The maximum absolute atomic E-state index is 5.96. The summed E-state index contributed by atoms with van der Waals surface area (Å²) in [6.45, 7) is 3.67. The maximum Gasteiger partial charge on any atom is 0.139 e. The fourth-order valence-corrected chi connectivity index (χ4v) is 2.21. The van der Waals surface area contributed by atoms with Gasteiger partial charge in [-0.15, -0.1) is 0 Å². The second-order valence-corrected chi connectivity index (χ2v) is 4.45. The predicted molar refractivity (Wildman–Crippen MR) is 70.9 cm³/mol. The Morgan fingerprint density at radius 3 is 3.17 bits per heavy atom. The van der Waals surface area contributed by atoms with Crippen LogP contribution in [0.15, 0.2) is 24.2 Å². The first kappa shape index (κ1) is 12.9. The molecule has 1 aliphatic rings.